The van der Waals surface area contributed by atoms with Gasteiger partial charge in [0.25, 0.3) is 5.91 Å². The van der Waals surface area contributed by atoms with Gasteiger partial charge in [0.2, 0.25) is 11.9 Å². The Hall–Kier alpha value is -3.86. The topological polar surface area (TPSA) is 87.5 Å². The van der Waals surface area contributed by atoms with Crippen molar-refractivity contribution in [3.05, 3.63) is 71.3 Å². The number of anilines is 1. The molecule has 1 N–H and O–H groups in total. The van der Waals surface area contributed by atoms with Crippen molar-refractivity contribution >= 4 is 46.3 Å². The fraction of sp³-hybridized carbons (Fsp3) is 0.419. The average Bonchev–Trinajstić information content (AvgIpc) is 3.31. The summed E-state index contributed by atoms with van der Waals surface area (Å²) in [5.74, 6) is -2.31. The summed E-state index contributed by atoms with van der Waals surface area (Å²) in [6.45, 7) is 11.2. The molecule has 1 aromatic heterocycles. The average molecular weight is 618 g/mol. The molecule has 1 fully saturated rings. The summed E-state index contributed by atoms with van der Waals surface area (Å²) >= 11 is 5.97. The smallest absolute Gasteiger partial charge is 0.337 e. The van der Waals surface area contributed by atoms with Gasteiger partial charge in [-0.3, -0.25) is 19.7 Å². The molecule has 1 unspecified atom stereocenters. The van der Waals surface area contributed by atoms with Gasteiger partial charge in [-0.1, -0.05) is 45.0 Å². The Bertz CT molecular complexity index is 1530. The molecule has 2 atom stereocenters. The van der Waals surface area contributed by atoms with Crippen molar-refractivity contribution in [2.24, 2.45) is 5.41 Å². The third-order valence-electron chi connectivity index (χ3n) is 7.91. The maximum Gasteiger partial charge on any atom is 0.471 e. The molecule has 0 aliphatic carbocycles. The predicted molar refractivity (Wildman–Crippen MR) is 160 cm³/mol. The molecule has 2 aromatic carbocycles. The standard InChI is InChI=1S/C31H35ClF3N5O3/c1-6-26(41)38-15-7-8-23(18-38)40-25-14-9-20(17-39(19(2)30(3,4)5)28(43)31(33,34)35)16-24(25)36-29(40)37-27(42)21-10-12-22(32)13-11-21/h6,9-14,16,19,23H,1,7-8,15,17-18H2,2-5H3,(H,36,37,42)/t19-,23?/m0/s1. The number of likely N-dealkylation sites (tertiary alicyclic amines) is 1. The minimum atomic E-state index is -5.03. The molecule has 0 spiro atoms. The number of benzene rings is 2. The minimum Gasteiger partial charge on any atom is -0.337 e. The summed E-state index contributed by atoms with van der Waals surface area (Å²) in [5, 5.41) is 3.34. The number of nitrogens with one attached hydrogen (secondary N) is 1. The molecule has 2 heterocycles. The van der Waals surface area contributed by atoms with Crippen molar-refractivity contribution in [2.75, 3.05) is 18.4 Å². The Balaban J connectivity index is 1.75. The lowest BCUT2D eigenvalue weighted by atomic mass is 9.86. The second-order valence-corrected chi connectivity index (χ2v) is 12.3. The van der Waals surface area contributed by atoms with E-state index in [2.05, 4.69) is 16.9 Å². The molecule has 3 aromatic rings. The number of amides is 3. The van der Waals surface area contributed by atoms with Gasteiger partial charge in [0, 0.05) is 36.3 Å². The summed E-state index contributed by atoms with van der Waals surface area (Å²) in [7, 11) is 0. The number of alkyl halides is 3. The van der Waals surface area contributed by atoms with Crippen LogP contribution in [0.4, 0.5) is 19.1 Å². The summed E-state index contributed by atoms with van der Waals surface area (Å²) in [4.78, 5) is 45.2. The highest BCUT2D eigenvalue weighted by Gasteiger charge is 2.45. The number of rotatable bonds is 7. The number of imidazole rings is 1. The van der Waals surface area contributed by atoms with Gasteiger partial charge in [0.15, 0.2) is 0 Å². The number of nitrogens with zero attached hydrogens (tertiary/aromatic N) is 4. The molecular weight excluding hydrogens is 583 g/mol. The Morgan fingerprint density at radius 3 is 2.44 bits per heavy atom. The maximum atomic E-state index is 13.6. The van der Waals surface area contributed by atoms with Crippen LogP contribution in [-0.2, 0) is 16.1 Å². The Kier molecular flexibility index (Phi) is 9.24. The number of carbonyl (C=O) groups is 3. The molecule has 0 radical (unpaired) electrons. The molecule has 43 heavy (non-hydrogen) atoms. The molecule has 0 bridgehead atoms. The number of aromatic nitrogens is 2. The van der Waals surface area contributed by atoms with Gasteiger partial charge in [0.05, 0.1) is 17.1 Å². The second kappa shape index (κ2) is 12.4. The molecule has 1 aliphatic rings. The number of halogens is 4. The van der Waals surface area contributed by atoms with Crippen LogP contribution in [0.3, 0.4) is 0 Å². The Morgan fingerprint density at radius 1 is 1.16 bits per heavy atom. The lowest BCUT2D eigenvalue weighted by Crippen LogP contribution is -2.50. The van der Waals surface area contributed by atoms with Crippen LogP contribution in [0.15, 0.2) is 55.1 Å². The third kappa shape index (κ3) is 7.21. The van der Waals surface area contributed by atoms with Crippen LogP contribution in [0.2, 0.25) is 5.02 Å². The van der Waals surface area contributed by atoms with Gasteiger partial charge in [-0.05, 0) is 73.2 Å². The molecule has 230 valence electrons. The van der Waals surface area contributed by atoms with Crippen LogP contribution >= 0.6 is 11.6 Å². The molecule has 4 rings (SSSR count). The van der Waals surface area contributed by atoms with E-state index in [9.17, 15) is 27.6 Å². The first-order valence-corrected chi connectivity index (χ1v) is 14.3. The van der Waals surface area contributed by atoms with Crippen molar-refractivity contribution in [1.29, 1.82) is 0 Å². The van der Waals surface area contributed by atoms with Gasteiger partial charge in [-0.2, -0.15) is 13.2 Å². The fourth-order valence-electron chi connectivity index (χ4n) is 5.18. The predicted octanol–water partition coefficient (Wildman–Crippen LogP) is 6.62. The minimum absolute atomic E-state index is 0.203. The van der Waals surface area contributed by atoms with Crippen LogP contribution < -0.4 is 5.32 Å². The number of carbonyl (C=O) groups excluding carboxylic acids is 3. The monoisotopic (exact) mass is 617 g/mol. The van der Waals surface area contributed by atoms with Crippen LogP contribution in [-0.4, -0.2) is 62.4 Å². The SMILES string of the molecule is C=CC(=O)N1CCCC(n2c(NC(=O)c3ccc(Cl)cc3)nc3cc(CN(C(=O)C(F)(F)F)[C@@H](C)C(C)(C)C)ccc32)C1. The van der Waals surface area contributed by atoms with Crippen molar-refractivity contribution in [3.8, 4) is 0 Å². The van der Waals surface area contributed by atoms with Gasteiger partial charge in [-0.15, -0.1) is 0 Å². The number of hydrogen-bond donors (Lipinski definition) is 1. The van der Waals surface area contributed by atoms with Crippen molar-refractivity contribution in [2.45, 2.75) is 65.3 Å². The molecule has 1 saturated heterocycles. The van der Waals surface area contributed by atoms with E-state index in [4.69, 9.17) is 11.6 Å². The van der Waals surface area contributed by atoms with Crippen molar-refractivity contribution in [3.63, 3.8) is 0 Å². The molecule has 1 aliphatic heterocycles. The molecule has 0 saturated carbocycles. The fourth-order valence-corrected chi connectivity index (χ4v) is 5.31. The first kappa shape index (κ1) is 32.1. The van der Waals surface area contributed by atoms with Gasteiger partial charge < -0.3 is 14.4 Å². The zero-order valence-corrected chi connectivity index (χ0v) is 25.3. The normalized spacial score (nSPS) is 16.6. The number of fused-ring (bicyclic) bond motifs is 1. The van der Waals surface area contributed by atoms with Crippen LogP contribution in [0, 0.1) is 5.41 Å². The summed E-state index contributed by atoms with van der Waals surface area (Å²) < 4.78 is 42.6. The lowest BCUT2D eigenvalue weighted by molar-refractivity contribution is -0.190. The second-order valence-electron chi connectivity index (χ2n) is 11.8. The molecule has 3 amide bonds. The molecular formula is C31H35ClF3N5O3. The van der Waals surface area contributed by atoms with Crippen molar-refractivity contribution < 1.29 is 27.6 Å². The van der Waals surface area contributed by atoms with Gasteiger partial charge in [-0.25, -0.2) is 4.98 Å². The summed E-state index contributed by atoms with van der Waals surface area (Å²) in [5.41, 5.74) is 1.26. The largest absolute Gasteiger partial charge is 0.471 e. The van der Waals surface area contributed by atoms with Gasteiger partial charge >= 0.3 is 12.1 Å². The Labute approximate surface area is 253 Å². The van der Waals surface area contributed by atoms with Crippen LogP contribution in [0.1, 0.15) is 62.5 Å². The van der Waals surface area contributed by atoms with E-state index in [1.807, 2.05) is 4.57 Å². The summed E-state index contributed by atoms with van der Waals surface area (Å²) in [6.07, 6.45) is -2.35. The molecule has 8 nitrogen and oxygen atoms in total. The first-order chi connectivity index (χ1) is 20.1. The zero-order chi connectivity index (χ0) is 31.7. The van der Waals surface area contributed by atoms with E-state index < -0.39 is 29.4 Å². The number of piperidine rings is 1. The van der Waals surface area contributed by atoms with E-state index in [1.165, 1.54) is 6.08 Å². The molecule has 12 heteroatoms. The lowest BCUT2D eigenvalue weighted by Gasteiger charge is -2.38. The van der Waals surface area contributed by atoms with Gasteiger partial charge in [0.1, 0.15) is 0 Å². The highest BCUT2D eigenvalue weighted by Crippen LogP contribution is 2.33. The maximum absolute atomic E-state index is 13.6. The quantitative estimate of drug-likeness (QED) is 0.302. The van der Waals surface area contributed by atoms with Crippen LogP contribution in [0.25, 0.3) is 11.0 Å². The number of hydrogen-bond acceptors (Lipinski definition) is 4. The van der Waals surface area contributed by atoms with E-state index >= 15 is 0 Å². The van der Waals surface area contributed by atoms with E-state index in [0.29, 0.717) is 53.1 Å². The van der Waals surface area contributed by atoms with E-state index in [1.54, 1.807) is 75.1 Å². The first-order valence-electron chi connectivity index (χ1n) is 14.0. The summed E-state index contributed by atoms with van der Waals surface area (Å²) in [6, 6.07) is 10.4. The third-order valence-corrected chi connectivity index (χ3v) is 8.16. The van der Waals surface area contributed by atoms with E-state index in [-0.39, 0.29) is 24.4 Å². The van der Waals surface area contributed by atoms with Crippen molar-refractivity contribution in [1.82, 2.24) is 19.4 Å². The van der Waals surface area contributed by atoms with Crippen LogP contribution in [0.5, 0.6) is 0 Å². The highest BCUT2D eigenvalue weighted by atomic mass is 35.5. The van der Waals surface area contributed by atoms with E-state index in [0.717, 1.165) is 4.90 Å². The Morgan fingerprint density at radius 2 is 1.84 bits per heavy atom. The zero-order valence-electron chi connectivity index (χ0n) is 24.5. The highest BCUT2D eigenvalue weighted by molar-refractivity contribution is 6.30.